The molecular weight excluding hydrogens is 327 g/mol. The maximum atomic E-state index is 12.6. The molecule has 1 nitrogen and oxygen atoms in total. The summed E-state index contributed by atoms with van der Waals surface area (Å²) in [4.78, 5) is 0. The molecule has 1 aromatic carbocycles. The first kappa shape index (κ1) is 13.4. The van der Waals surface area contributed by atoms with Crippen molar-refractivity contribution in [3.63, 3.8) is 0 Å². The summed E-state index contributed by atoms with van der Waals surface area (Å²) in [6, 6.07) is 5.49. The fraction of sp³-hybridized carbons (Fsp3) is 0.167. The Labute approximate surface area is 115 Å². The third kappa shape index (κ3) is 3.26. The Morgan fingerprint density at radius 2 is 2.00 bits per heavy atom. The number of alkyl halides is 3. The third-order valence-corrected chi connectivity index (χ3v) is 3.78. The second-order valence-electron chi connectivity index (χ2n) is 3.68. The maximum Gasteiger partial charge on any atom is 0.416 e. The Hall–Kier alpha value is -1.01. The maximum absolute atomic E-state index is 12.6. The van der Waals surface area contributed by atoms with Gasteiger partial charge in [0.1, 0.15) is 0 Å². The van der Waals surface area contributed by atoms with Gasteiger partial charge < -0.3 is 5.32 Å². The Bertz CT molecular complexity index is 523. The van der Waals surface area contributed by atoms with Crippen LogP contribution in [-0.4, -0.2) is 0 Å². The van der Waals surface area contributed by atoms with Crippen LogP contribution >= 0.6 is 27.3 Å². The standard InChI is InChI=1S/C12H9BrF3NS/c13-10-2-1-9(12(14,15)16)5-11(10)17-6-8-3-4-18-7-8/h1-5,7,17H,6H2. The molecular formula is C12H9BrF3NS. The average molecular weight is 336 g/mol. The number of rotatable bonds is 3. The predicted octanol–water partition coefficient (Wildman–Crippen LogP) is 5.14. The highest BCUT2D eigenvalue weighted by molar-refractivity contribution is 9.10. The fourth-order valence-electron chi connectivity index (χ4n) is 1.43. The summed E-state index contributed by atoms with van der Waals surface area (Å²) in [7, 11) is 0. The molecule has 1 heterocycles. The minimum atomic E-state index is -4.32. The van der Waals surface area contributed by atoms with E-state index in [1.807, 2.05) is 16.8 Å². The number of nitrogens with one attached hydrogen (secondary N) is 1. The van der Waals surface area contributed by atoms with Crippen LogP contribution in [0.2, 0.25) is 0 Å². The van der Waals surface area contributed by atoms with Gasteiger partial charge in [-0.2, -0.15) is 24.5 Å². The molecule has 2 rings (SSSR count). The highest BCUT2D eigenvalue weighted by Crippen LogP contribution is 2.34. The number of hydrogen-bond acceptors (Lipinski definition) is 2. The first-order valence-electron chi connectivity index (χ1n) is 5.08. The zero-order valence-corrected chi connectivity index (χ0v) is 11.5. The minimum Gasteiger partial charge on any atom is -0.380 e. The Morgan fingerprint density at radius 3 is 2.61 bits per heavy atom. The smallest absolute Gasteiger partial charge is 0.380 e. The first-order chi connectivity index (χ1) is 8.47. The molecule has 0 unspecified atom stereocenters. The van der Waals surface area contributed by atoms with Crippen molar-refractivity contribution in [2.75, 3.05) is 5.32 Å². The van der Waals surface area contributed by atoms with Crippen molar-refractivity contribution in [1.82, 2.24) is 0 Å². The average Bonchev–Trinajstić information content (AvgIpc) is 2.79. The van der Waals surface area contributed by atoms with Crippen molar-refractivity contribution in [3.8, 4) is 0 Å². The molecule has 1 N–H and O–H groups in total. The molecule has 0 bridgehead atoms. The van der Waals surface area contributed by atoms with Crippen molar-refractivity contribution < 1.29 is 13.2 Å². The molecule has 0 aliphatic carbocycles. The number of hydrogen-bond donors (Lipinski definition) is 1. The van der Waals surface area contributed by atoms with E-state index in [1.54, 1.807) is 11.3 Å². The molecule has 1 aromatic heterocycles. The van der Waals surface area contributed by atoms with Crippen LogP contribution in [0.5, 0.6) is 0 Å². The van der Waals surface area contributed by atoms with Gasteiger partial charge in [0.2, 0.25) is 0 Å². The zero-order chi connectivity index (χ0) is 13.2. The molecule has 0 saturated heterocycles. The van der Waals surface area contributed by atoms with Gasteiger partial charge in [-0.1, -0.05) is 0 Å². The van der Waals surface area contributed by atoms with Gasteiger partial charge in [-0.05, 0) is 56.5 Å². The summed E-state index contributed by atoms with van der Waals surface area (Å²) in [6.45, 7) is 0.503. The normalized spacial score (nSPS) is 11.6. The van der Waals surface area contributed by atoms with E-state index in [4.69, 9.17) is 0 Å². The molecule has 6 heteroatoms. The summed E-state index contributed by atoms with van der Waals surface area (Å²) in [5, 5.41) is 6.87. The van der Waals surface area contributed by atoms with Gasteiger partial charge in [-0.15, -0.1) is 0 Å². The van der Waals surface area contributed by atoms with Crippen LogP contribution < -0.4 is 5.32 Å². The summed E-state index contributed by atoms with van der Waals surface area (Å²) in [5.74, 6) is 0. The van der Waals surface area contributed by atoms with E-state index in [0.29, 0.717) is 16.7 Å². The molecule has 0 spiro atoms. The number of benzene rings is 1. The number of thiophene rings is 1. The Kier molecular flexibility index (Phi) is 3.97. The van der Waals surface area contributed by atoms with Gasteiger partial charge in [0.05, 0.1) is 5.56 Å². The molecule has 0 atom stereocenters. The highest BCUT2D eigenvalue weighted by Gasteiger charge is 2.30. The highest BCUT2D eigenvalue weighted by atomic mass is 79.9. The van der Waals surface area contributed by atoms with Crippen molar-refractivity contribution >= 4 is 33.0 Å². The lowest BCUT2D eigenvalue weighted by molar-refractivity contribution is -0.137. The second kappa shape index (κ2) is 5.32. The van der Waals surface area contributed by atoms with Crippen LogP contribution in [-0.2, 0) is 12.7 Å². The Balaban J connectivity index is 2.16. The molecule has 18 heavy (non-hydrogen) atoms. The summed E-state index contributed by atoms with van der Waals surface area (Å²) in [5.41, 5.74) is 0.832. The second-order valence-corrected chi connectivity index (χ2v) is 5.31. The number of halogens is 4. The minimum absolute atomic E-state index is 0.441. The molecule has 0 saturated carbocycles. The van der Waals surface area contributed by atoms with Crippen molar-refractivity contribution in [2.24, 2.45) is 0 Å². The summed E-state index contributed by atoms with van der Waals surface area (Å²) < 4.78 is 38.3. The lowest BCUT2D eigenvalue weighted by Crippen LogP contribution is -2.06. The van der Waals surface area contributed by atoms with E-state index in [2.05, 4.69) is 21.2 Å². The monoisotopic (exact) mass is 335 g/mol. The van der Waals surface area contributed by atoms with Crippen molar-refractivity contribution in [3.05, 3.63) is 50.6 Å². The van der Waals surface area contributed by atoms with Gasteiger partial charge in [0.25, 0.3) is 0 Å². The molecule has 0 aliphatic heterocycles. The van der Waals surface area contributed by atoms with Gasteiger partial charge in [0, 0.05) is 16.7 Å². The quantitative estimate of drug-likeness (QED) is 0.818. The van der Waals surface area contributed by atoms with Crippen molar-refractivity contribution in [2.45, 2.75) is 12.7 Å². The molecule has 0 aliphatic rings. The van der Waals surface area contributed by atoms with Crippen LogP contribution in [0.1, 0.15) is 11.1 Å². The fourth-order valence-corrected chi connectivity index (χ4v) is 2.48. The van der Waals surface area contributed by atoms with E-state index >= 15 is 0 Å². The largest absolute Gasteiger partial charge is 0.416 e. The van der Waals surface area contributed by atoms with Crippen molar-refractivity contribution in [1.29, 1.82) is 0 Å². The van der Waals surface area contributed by atoms with E-state index in [0.717, 1.165) is 17.7 Å². The van der Waals surface area contributed by atoms with Gasteiger partial charge in [-0.3, -0.25) is 0 Å². The zero-order valence-electron chi connectivity index (χ0n) is 9.09. The van der Waals surface area contributed by atoms with Crippen LogP contribution in [0, 0.1) is 0 Å². The lowest BCUT2D eigenvalue weighted by Gasteiger charge is -2.12. The van der Waals surface area contributed by atoms with Crippen LogP contribution in [0.15, 0.2) is 39.5 Å². The van der Waals surface area contributed by atoms with Crippen LogP contribution in [0.25, 0.3) is 0 Å². The predicted molar refractivity (Wildman–Crippen MR) is 70.8 cm³/mol. The van der Waals surface area contributed by atoms with E-state index in [1.165, 1.54) is 6.07 Å². The van der Waals surface area contributed by atoms with Crippen LogP contribution in [0.4, 0.5) is 18.9 Å². The van der Waals surface area contributed by atoms with Gasteiger partial charge >= 0.3 is 6.18 Å². The SMILES string of the molecule is FC(F)(F)c1ccc(Br)c(NCc2ccsc2)c1. The number of anilines is 1. The molecule has 0 radical (unpaired) electrons. The van der Waals surface area contributed by atoms with E-state index in [-0.39, 0.29) is 0 Å². The first-order valence-corrected chi connectivity index (χ1v) is 6.82. The molecule has 0 fully saturated rings. The lowest BCUT2D eigenvalue weighted by atomic mass is 10.2. The van der Waals surface area contributed by atoms with E-state index in [9.17, 15) is 13.2 Å². The summed E-state index contributed by atoms with van der Waals surface area (Å²) >= 11 is 4.79. The van der Waals surface area contributed by atoms with Gasteiger partial charge in [-0.25, -0.2) is 0 Å². The third-order valence-electron chi connectivity index (χ3n) is 2.36. The van der Waals surface area contributed by atoms with Gasteiger partial charge in [0.15, 0.2) is 0 Å². The van der Waals surface area contributed by atoms with E-state index < -0.39 is 11.7 Å². The Morgan fingerprint density at radius 1 is 1.22 bits per heavy atom. The molecule has 96 valence electrons. The topological polar surface area (TPSA) is 12.0 Å². The molecule has 0 amide bonds. The molecule has 2 aromatic rings. The van der Waals surface area contributed by atoms with Crippen LogP contribution in [0.3, 0.4) is 0 Å². The summed E-state index contributed by atoms with van der Waals surface area (Å²) in [6.07, 6.45) is -4.32.